The molecule has 0 saturated carbocycles. The molecule has 0 bridgehead atoms. The summed E-state index contributed by atoms with van der Waals surface area (Å²) in [5.74, 6) is 0.365. The molecule has 1 unspecified atom stereocenters. The van der Waals surface area contributed by atoms with Crippen molar-refractivity contribution in [2.75, 3.05) is 6.61 Å². The number of rotatable bonds is 5. The molecule has 0 fully saturated rings. The fourth-order valence-electron chi connectivity index (χ4n) is 1.23. The first-order valence-corrected chi connectivity index (χ1v) is 5.99. The van der Waals surface area contributed by atoms with Gasteiger partial charge in [0.1, 0.15) is 0 Å². The van der Waals surface area contributed by atoms with Gasteiger partial charge >= 0.3 is 0 Å². The molecule has 5 heteroatoms. The van der Waals surface area contributed by atoms with Gasteiger partial charge in [-0.05, 0) is 31.3 Å². The lowest BCUT2D eigenvalue weighted by molar-refractivity contribution is 0.0686. The van der Waals surface area contributed by atoms with Crippen molar-refractivity contribution in [3.8, 4) is 0 Å². The largest absolute Gasteiger partial charge is 0.377 e. The van der Waals surface area contributed by atoms with E-state index in [1.807, 2.05) is 13.8 Å². The maximum atomic E-state index is 6.03. The molecule has 4 nitrogen and oxygen atoms in total. The first kappa shape index (κ1) is 12.5. The Morgan fingerprint density at radius 3 is 2.53 bits per heavy atom. The minimum absolute atomic E-state index is 0.107. The molecule has 0 aliphatic heterocycles. The third kappa shape index (κ3) is 3.52. The second-order valence-corrected chi connectivity index (χ2v) is 4.95. The second-order valence-electron chi connectivity index (χ2n) is 4.17. The van der Waals surface area contributed by atoms with Crippen molar-refractivity contribution in [2.45, 2.75) is 45.8 Å². The van der Waals surface area contributed by atoms with Gasteiger partial charge in [0.05, 0.1) is 29.3 Å². The van der Waals surface area contributed by atoms with Crippen LogP contribution in [-0.4, -0.2) is 22.3 Å². The lowest BCUT2D eigenvalue weighted by Crippen LogP contribution is -2.20. The molecule has 1 heterocycles. The van der Waals surface area contributed by atoms with Crippen LogP contribution < -0.4 is 5.73 Å². The molecular formula is C10H19N3OS. The van der Waals surface area contributed by atoms with Crippen molar-refractivity contribution in [1.29, 1.82) is 0 Å². The van der Waals surface area contributed by atoms with Crippen LogP contribution in [0.3, 0.4) is 0 Å². The summed E-state index contributed by atoms with van der Waals surface area (Å²) < 4.78 is 9.44. The molecule has 2 N–H and O–H groups in total. The molecule has 0 spiro atoms. The highest BCUT2D eigenvalue weighted by atomic mass is 32.1. The molecular weight excluding hydrogens is 210 g/mol. The van der Waals surface area contributed by atoms with Gasteiger partial charge in [-0.1, -0.05) is 18.3 Å². The summed E-state index contributed by atoms with van der Waals surface area (Å²) in [6, 6.07) is -0.107. The number of nitrogens with zero attached hydrogens (tertiary/aromatic N) is 2. The third-order valence-corrected chi connectivity index (χ3v) is 2.90. The van der Waals surface area contributed by atoms with E-state index in [9.17, 15) is 0 Å². The van der Waals surface area contributed by atoms with Gasteiger partial charge < -0.3 is 10.5 Å². The monoisotopic (exact) mass is 229 g/mol. The van der Waals surface area contributed by atoms with Gasteiger partial charge in [-0.25, -0.2) is 0 Å². The summed E-state index contributed by atoms with van der Waals surface area (Å²) in [5, 5.41) is 4.10. The summed E-state index contributed by atoms with van der Waals surface area (Å²) in [6.07, 6.45) is 0.208. The van der Waals surface area contributed by atoms with Crippen LogP contribution in [0, 0.1) is 0 Å². The Labute approximate surface area is 95.0 Å². The highest BCUT2D eigenvalue weighted by Crippen LogP contribution is 2.25. The Hall–Kier alpha value is -0.520. The van der Waals surface area contributed by atoms with Gasteiger partial charge in [-0.15, -0.1) is 5.10 Å². The number of nitrogens with two attached hydrogens (primary N) is 1. The maximum Gasteiger partial charge on any atom is 0.0829 e. The maximum absolute atomic E-state index is 6.03. The number of ether oxygens (including phenoxy) is 1. The van der Waals surface area contributed by atoms with Crippen molar-refractivity contribution in [3.63, 3.8) is 0 Å². The molecule has 86 valence electrons. The minimum atomic E-state index is -0.107. The highest BCUT2D eigenvalue weighted by Gasteiger charge is 2.18. The van der Waals surface area contributed by atoms with Crippen LogP contribution >= 0.6 is 11.5 Å². The Bertz CT molecular complexity index is 299. The van der Waals surface area contributed by atoms with Gasteiger partial charge in [0.2, 0.25) is 0 Å². The summed E-state index contributed by atoms with van der Waals surface area (Å²) in [7, 11) is 0. The third-order valence-electron chi connectivity index (χ3n) is 2.03. The topological polar surface area (TPSA) is 61.0 Å². The average molecular weight is 229 g/mol. The first-order chi connectivity index (χ1) is 7.02. The second kappa shape index (κ2) is 5.53. The zero-order valence-corrected chi connectivity index (χ0v) is 10.5. The fraction of sp³-hybridized carbons (Fsp3) is 0.800. The summed E-state index contributed by atoms with van der Waals surface area (Å²) in [5.41, 5.74) is 7.03. The zero-order chi connectivity index (χ0) is 11.4. The quantitative estimate of drug-likeness (QED) is 0.839. The standard InChI is InChI=1S/C10H19N3OS/c1-6(2)9-10(15-13-12-9)8(11)5-14-7(3)4/h6-8H,5,11H2,1-4H3. The van der Waals surface area contributed by atoms with Crippen LogP contribution in [0.2, 0.25) is 0 Å². The smallest absolute Gasteiger partial charge is 0.0829 e. The molecule has 0 aliphatic carbocycles. The Kier molecular flexibility index (Phi) is 4.63. The van der Waals surface area contributed by atoms with Crippen LogP contribution in [0.15, 0.2) is 0 Å². The van der Waals surface area contributed by atoms with E-state index in [-0.39, 0.29) is 12.1 Å². The molecule has 1 aromatic heterocycles. The van der Waals surface area contributed by atoms with Crippen molar-refractivity contribution in [2.24, 2.45) is 5.73 Å². The summed E-state index contributed by atoms with van der Waals surface area (Å²) in [6.45, 7) is 8.72. The van der Waals surface area contributed by atoms with Gasteiger partial charge in [-0.2, -0.15) is 0 Å². The lowest BCUT2D eigenvalue weighted by atomic mass is 10.1. The van der Waals surface area contributed by atoms with Crippen LogP contribution in [0.1, 0.15) is 50.2 Å². The highest BCUT2D eigenvalue weighted by molar-refractivity contribution is 7.05. The molecule has 0 aromatic carbocycles. The summed E-state index contributed by atoms with van der Waals surface area (Å²) in [4.78, 5) is 1.05. The van der Waals surface area contributed by atoms with E-state index in [1.54, 1.807) is 0 Å². The van der Waals surface area contributed by atoms with Crippen LogP contribution in [0.25, 0.3) is 0 Å². The van der Waals surface area contributed by atoms with Crippen molar-refractivity contribution in [1.82, 2.24) is 9.59 Å². The molecule has 0 aliphatic rings. The van der Waals surface area contributed by atoms with Crippen LogP contribution in [0.4, 0.5) is 0 Å². The van der Waals surface area contributed by atoms with Gasteiger partial charge in [0.25, 0.3) is 0 Å². The van der Waals surface area contributed by atoms with Crippen molar-refractivity contribution >= 4 is 11.5 Å². The summed E-state index contributed by atoms with van der Waals surface area (Å²) >= 11 is 1.37. The molecule has 1 atom stereocenters. The number of hydrogen-bond donors (Lipinski definition) is 1. The molecule has 0 radical (unpaired) electrons. The van der Waals surface area contributed by atoms with Crippen molar-refractivity contribution < 1.29 is 4.74 Å². The SMILES string of the molecule is CC(C)OCC(N)c1snnc1C(C)C. The van der Waals surface area contributed by atoms with E-state index in [0.717, 1.165) is 10.6 Å². The zero-order valence-electron chi connectivity index (χ0n) is 9.73. The average Bonchev–Trinajstić information content (AvgIpc) is 2.62. The molecule has 1 aromatic rings. The van der Waals surface area contributed by atoms with Gasteiger partial charge in [0, 0.05) is 0 Å². The molecule has 1 rings (SSSR count). The predicted octanol–water partition coefficient (Wildman–Crippen LogP) is 2.09. The lowest BCUT2D eigenvalue weighted by Gasteiger charge is -2.14. The Morgan fingerprint density at radius 1 is 1.33 bits per heavy atom. The Morgan fingerprint density at radius 2 is 2.00 bits per heavy atom. The van der Waals surface area contributed by atoms with E-state index >= 15 is 0 Å². The Balaban J connectivity index is 2.64. The number of aromatic nitrogens is 2. The molecule has 0 saturated heterocycles. The van der Waals surface area contributed by atoms with Gasteiger partial charge in [0.15, 0.2) is 0 Å². The fourth-order valence-corrected chi connectivity index (χ4v) is 2.02. The van der Waals surface area contributed by atoms with E-state index < -0.39 is 0 Å². The van der Waals surface area contributed by atoms with E-state index in [4.69, 9.17) is 10.5 Å². The number of hydrogen-bond acceptors (Lipinski definition) is 5. The van der Waals surface area contributed by atoms with Crippen LogP contribution in [0.5, 0.6) is 0 Å². The molecule has 0 amide bonds. The normalized spacial score (nSPS) is 13.8. The van der Waals surface area contributed by atoms with E-state index in [2.05, 4.69) is 23.4 Å². The van der Waals surface area contributed by atoms with E-state index in [1.165, 1.54) is 11.5 Å². The van der Waals surface area contributed by atoms with Crippen LogP contribution in [-0.2, 0) is 4.74 Å². The minimum Gasteiger partial charge on any atom is -0.377 e. The van der Waals surface area contributed by atoms with E-state index in [0.29, 0.717) is 12.5 Å². The van der Waals surface area contributed by atoms with Gasteiger partial charge in [-0.3, -0.25) is 0 Å². The first-order valence-electron chi connectivity index (χ1n) is 5.21. The predicted molar refractivity (Wildman–Crippen MR) is 62.0 cm³/mol. The molecule has 15 heavy (non-hydrogen) atoms. The van der Waals surface area contributed by atoms with Crippen molar-refractivity contribution in [3.05, 3.63) is 10.6 Å².